The molecule has 3 nitrogen and oxygen atoms in total. The summed E-state index contributed by atoms with van der Waals surface area (Å²) in [4.78, 5) is 0. The molecule has 18 heavy (non-hydrogen) atoms. The van der Waals surface area contributed by atoms with Gasteiger partial charge in [0.25, 0.3) is 0 Å². The summed E-state index contributed by atoms with van der Waals surface area (Å²) in [5, 5.41) is 8.30. The van der Waals surface area contributed by atoms with Gasteiger partial charge in [0.1, 0.15) is 0 Å². The molecular weight excluding hydrogens is 222 g/mol. The van der Waals surface area contributed by atoms with E-state index in [-0.39, 0.29) is 5.54 Å². The average molecular weight is 251 g/mol. The Bertz CT molecular complexity index is 391. The Labute approximate surface area is 112 Å². The van der Waals surface area contributed by atoms with Gasteiger partial charge in [0.15, 0.2) is 0 Å². The number of rotatable bonds is 6. The highest BCUT2D eigenvalue weighted by molar-refractivity contribution is 5.24. The molecule has 1 atom stereocenters. The van der Waals surface area contributed by atoms with Crippen LogP contribution >= 0.6 is 0 Å². The minimum Gasteiger partial charge on any atom is -0.310 e. The van der Waals surface area contributed by atoms with Gasteiger partial charge in [-0.25, -0.2) is 0 Å². The first-order chi connectivity index (χ1) is 8.32. The van der Waals surface area contributed by atoms with Crippen molar-refractivity contribution in [2.24, 2.45) is 0 Å². The molecule has 1 heterocycles. The molecule has 0 fully saturated rings. The molecular formula is C15H29N3. The first-order valence-electron chi connectivity index (χ1n) is 7.12. The average Bonchev–Trinajstić information content (AvgIpc) is 2.61. The summed E-state index contributed by atoms with van der Waals surface area (Å²) < 4.78 is 2.17. The smallest absolute Gasteiger partial charge is 0.0628 e. The lowest BCUT2D eigenvalue weighted by Crippen LogP contribution is -2.41. The number of hydrogen-bond donors (Lipinski definition) is 1. The van der Waals surface area contributed by atoms with E-state index in [1.165, 1.54) is 17.0 Å². The fourth-order valence-corrected chi connectivity index (χ4v) is 2.27. The molecule has 1 unspecified atom stereocenters. The van der Waals surface area contributed by atoms with E-state index in [1.54, 1.807) is 0 Å². The van der Waals surface area contributed by atoms with Crippen molar-refractivity contribution in [2.75, 3.05) is 6.54 Å². The Morgan fingerprint density at radius 3 is 2.33 bits per heavy atom. The molecule has 0 aromatic carbocycles. The molecule has 0 saturated heterocycles. The highest BCUT2D eigenvalue weighted by Gasteiger charge is 2.18. The van der Waals surface area contributed by atoms with Crippen molar-refractivity contribution in [3.8, 4) is 0 Å². The Morgan fingerprint density at radius 1 is 1.28 bits per heavy atom. The monoisotopic (exact) mass is 251 g/mol. The molecule has 1 rings (SSSR count). The second-order valence-corrected chi connectivity index (χ2v) is 5.91. The van der Waals surface area contributed by atoms with Crippen molar-refractivity contribution in [3.05, 3.63) is 17.0 Å². The molecule has 0 amide bonds. The number of aryl methyl sites for hydroxylation is 1. The zero-order chi connectivity index (χ0) is 13.9. The van der Waals surface area contributed by atoms with Crippen molar-refractivity contribution in [1.82, 2.24) is 15.1 Å². The molecule has 0 bridgehead atoms. The number of nitrogens with one attached hydrogen (secondary N) is 1. The number of hydrogen-bond acceptors (Lipinski definition) is 2. The van der Waals surface area contributed by atoms with Gasteiger partial charge in [-0.15, -0.1) is 0 Å². The van der Waals surface area contributed by atoms with Gasteiger partial charge in [0.05, 0.1) is 11.7 Å². The van der Waals surface area contributed by atoms with Gasteiger partial charge >= 0.3 is 0 Å². The van der Waals surface area contributed by atoms with E-state index in [9.17, 15) is 0 Å². The predicted molar refractivity (Wildman–Crippen MR) is 78.2 cm³/mol. The van der Waals surface area contributed by atoms with Gasteiger partial charge in [-0.1, -0.05) is 13.8 Å². The highest BCUT2D eigenvalue weighted by atomic mass is 15.3. The Morgan fingerprint density at radius 2 is 1.89 bits per heavy atom. The fourth-order valence-electron chi connectivity index (χ4n) is 2.27. The largest absolute Gasteiger partial charge is 0.310 e. The van der Waals surface area contributed by atoms with Crippen LogP contribution in [0.25, 0.3) is 0 Å². The van der Waals surface area contributed by atoms with Gasteiger partial charge in [-0.05, 0) is 53.0 Å². The zero-order valence-corrected chi connectivity index (χ0v) is 13.1. The summed E-state index contributed by atoms with van der Waals surface area (Å²) in [6.07, 6.45) is 2.20. The van der Waals surface area contributed by atoms with Crippen LogP contribution in [0.15, 0.2) is 0 Å². The standard InChI is InChI=1S/C15H29N3/c1-8-14-12(4)17-18(13(14)5)11(3)10-16-15(6,7)9-2/h11,16H,8-10H2,1-7H3. The lowest BCUT2D eigenvalue weighted by Gasteiger charge is -2.27. The van der Waals surface area contributed by atoms with Crippen LogP contribution in [0.2, 0.25) is 0 Å². The Balaban J connectivity index is 2.76. The lowest BCUT2D eigenvalue weighted by atomic mass is 10.0. The van der Waals surface area contributed by atoms with Crippen LogP contribution in [-0.4, -0.2) is 21.9 Å². The molecule has 1 N–H and O–H groups in total. The van der Waals surface area contributed by atoms with Crippen molar-refractivity contribution in [3.63, 3.8) is 0 Å². The normalized spacial score (nSPS) is 13.9. The SMILES string of the molecule is CCc1c(C)nn(C(C)CNC(C)(C)CC)c1C. The molecule has 104 valence electrons. The lowest BCUT2D eigenvalue weighted by molar-refractivity contribution is 0.333. The predicted octanol–water partition coefficient (Wildman–Crippen LogP) is 3.40. The summed E-state index contributed by atoms with van der Waals surface area (Å²) >= 11 is 0. The van der Waals surface area contributed by atoms with Gasteiger partial charge in [-0.2, -0.15) is 5.10 Å². The first kappa shape index (κ1) is 15.2. The van der Waals surface area contributed by atoms with E-state index in [0.29, 0.717) is 6.04 Å². The molecule has 0 aliphatic heterocycles. The van der Waals surface area contributed by atoms with Crippen LogP contribution < -0.4 is 5.32 Å². The van der Waals surface area contributed by atoms with E-state index in [4.69, 9.17) is 0 Å². The van der Waals surface area contributed by atoms with E-state index in [2.05, 4.69) is 63.6 Å². The van der Waals surface area contributed by atoms with E-state index in [0.717, 1.165) is 19.4 Å². The van der Waals surface area contributed by atoms with Crippen molar-refractivity contribution in [2.45, 2.75) is 72.9 Å². The van der Waals surface area contributed by atoms with Crippen molar-refractivity contribution < 1.29 is 0 Å². The summed E-state index contributed by atoms with van der Waals surface area (Å²) in [6.45, 7) is 16.4. The van der Waals surface area contributed by atoms with E-state index in [1.807, 2.05) is 0 Å². The maximum Gasteiger partial charge on any atom is 0.0628 e. The molecule has 0 radical (unpaired) electrons. The van der Waals surface area contributed by atoms with Gasteiger partial charge in [0, 0.05) is 17.8 Å². The summed E-state index contributed by atoms with van der Waals surface area (Å²) in [6, 6.07) is 0.398. The number of nitrogens with zero attached hydrogens (tertiary/aromatic N) is 2. The fraction of sp³-hybridized carbons (Fsp3) is 0.800. The van der Waals surface area contributed by atoms with Gasteiger partial charge < -0.3 is 5.32 Å². The van der Waals surface area contributed by atoms with E-state index >= 15 is 0 Å². The van der Waals surface area contributed by atoms with E-state index < -0.39 is 0 Å². The third-order valence-electron chi connectivity index (χ3n) is 4.01. The summed E-state index contributed by atoms with van der Waals surface area (Å²) in [7, 11) is 0. The molecule has 1 aromatic rings. The molecule has 0 saturated carbocycles. The topological polar surface area (TPSA) is 29.9 Å². The van der Waals surface area contributed by atoms with Gasteiger partial charge in [-0.3, -0.25) is 4.68 Å². The third kappa shape index (κ3) is 3.35. The Kier molecular flexibility index (Phi) is 4.97. The van der Waals surface area contributed by atoms with Crippen LogP contribution in [-0.2, 0) is 6.42 Å². The second-order valence-electron chi connectivity index (χ2n) is 5.91. The molecule has 0 spiro atoms. The van der Waals surface area contributed by atoms with Crippen molar-refractivity contribution in [1.29, 1.82) is 0 Å². The quantitative estimate of drug-likeness (QED) is 0.840. The third-order valence-corrected chi connectivity index (χ3v) is 4.01. The van der Waals surface area contributed by atoms with Crippen molar-refractivity contribution >= 4 is 0 Å². The van der Waals surface area contributed by atoms with Crippen LogP contribution in [0.1, 0.15) is 64.0 Å². The Hall–Kier alpha value is -0.830. The minimum atomic E-state index is 0.206. The van der Waals surface area contributed by atoms with Crippen LogP contribution in [0, 0.1) is 13.8 Å². The summed E-state index contributed by atoms with van der Waals surface area (Å²) in [5.41, 5.74) is 4.10. The minimum absolute atomic E-state index is 0.206. The molecule has 0 aliphatic carbocycles. The van der Waals surface area contributed by atoms with Gasteiger partial charge in [0.2, 0.25) is 0 Å². The second kappa shape index (κ2) is 5.87. The summed E-state index contributed by atoms with van der Waals surface area (Å²) in [5.74, 6) is 0. The zero-order valence-electron chi connectivity index (χ0n) is 13.1. The maximum atomic E-state index is 4.68. The van der Waals surface area contributed by atoms with Crippen LogP contribution in [0.4, 0.5) is 0 Å². The number of aromatic nitrogens is 2. The van der Waals surface area contributed by atoms with Crippen LogP contribution in [0.5, 0.6) is 0 Å². The maximum absolute atomic E-state index is 4.68. The van der Waals surface area contributed by atoms with Crippen LogP contribution in [0.3, 0.4) is 0 Å². The first-order valence-corrected chi connectivity index (χ1v) is 7.12. The highest BCUT2D eigenvalue weighted by Crippen LogP contribution is 2.18. The molecule has 0 aliphatic rings. The molecule has 3 heteroatoms. The molecule has 1 aromatic heterocycles.